The molecule has 1 saturated heterocycles. The van der Waals surface area contributed by atoms with E-state index >= 15 is 0 Å². The van der Waals surface area contributed by atoms with E-state index in [1.807, 2.05) is 18.2 Å². The molecular weight excluding hydrogens is 180 g/mol. The van der Waals surface area contributed by atoms with E-state index in [9.17, 15) is 9.90 Å². The average molecular weight is 192 g/mol. The summed E-state index contributed by atoms with van der Waals surface area (Å²) in [5.74, 6) is -0.0449. The summed E-state index contributed by atoms with van der Waals surface area (Å²) in [7, 11) is 0. The van der Waals surface area contributed by atoms with Crippen LogP contribution in [0.3, 0.4) is 0 Å². The zero-order chi connectivity index (χ0) is 10.1. The second-order valence-electron chi connectivity index (χ2n) is 3.49. The third kappa shape index (κ3) is 1.69. The maximum Gasteiger partial charge on any atom is 0.194 e. The quantitative estimate of drug-likeness (QED) is 0.574. The Labute approximate surface area is 82.3 Å². The van der Waals surface area contributed by atoms with Gasteiger partial charge in [-0.05, 0) is 6.92 Å². The summed E-state index contributed by atoms with van der Waals surface area (Å²) in [6, 6.07) is 8.99. The topological polar surface area (TPSA) is 49.8 Å². The van der Waals surface area contributed by atoms with Gasteiger partial charge in [-0.3, -0.25) is 4.79 Å². The van der Waals surface area contributed by atoms with E-state index in [1.54, 1.807) is 19.1 Å². The van der Waals surface area contributed by atoms with Gasteiger partial charge >= 0.3 is 0 Å². The van der Waals surface area contributed by atoms with Crippen molar-refractivity contribution < 1.29 is 14.6 Å². The van der Waals surface area contributed by atoms with Crippen molar-refractivity contribution >= 4 is 5.78 Å². The number of rotatable bonds is 3. The van der Waals surface area contributed by atoms with Gasteiger partial charge in [-0.1, -0.05) is 30.3 Å². The number of Topliss-reactive ketones (excluding diaryl/α,β-unsaturated/α-hetero) is 1. The molecule has 1 aliphatic heterocycles. The summed E-state index contributed by atoms with van der Waals surface area (Å²) < 4.78 is 5.10. The Hall–Kier alpha value is -1.19. The third-order valence-electron chi connectivity index (χ3n) is 2.32. The molecule has 0 amide bonds. The van der Waals surface area contributed by atoms with Crippen molar-refractivity contribution in [2.24, 2.45) is 0 Å². The minimum Gasteiger partial charge on any atom is -0.391 e. The van der Waals surface area contributed by atoms with Crippen molar-refractivity contribution in [3.63, 3.8) is 0 Å². The van der Waals surface area contributed by atoms with Crippen LogP contribution in [-0.4, -0.2) is 29.2 Å². The number of hydrogen-bond acceptors (Lipinski definition) is 3. The van der Waals surface area contributed by atoms with Crippen molar-refractivity contribution in [2.75, 3.05) is 0 Å². The van der Waals surface area contributed by atoms with E-state index < -0.39 is 12.2 Å². The molecule has 1 aromatic carbocycles. The molecule has 3 atom stereocenters. The van der Waals surface area contributed by atoms with Crippen molar-refractivity contribution in [1.82, 2.24) is 0 Å². The molecule has 74 valence electrons. The van der Waals surface area contributed by atoms with Gasteiger partial charge in [0.1, 0.15) is 12.2 Å². The van der Waals surface area contributed by atoms with Gasteiger partial charge in [0.25, 0.3) is 0 Å². The molecular formula is C11H12O3. The van der Waals surface area contributed by atoms with Gasteiger partial charge < -0.3 is 9.84 Å². The zero-order valence-corrected chi connectivity index (χ0v) is 7.88. The summed E-state index contributed by atoms with van der Waals surface area (Å²) in [6.07, 6.45) is -1.34. The smallest absolute Gasteiger partial charge is 0.194 e. The number of ketones is 1. The molecule has 0 unspecified atom stereocenters. The van der Waals surface area contributed by atoms with E-state index in [-0.39, 0.29) is 11.9 Å². The summed E-state index contributed by atoms with van der Waals surface area (Å²) in [5, 5.41) is 9.18. The highest BCUT2D eigenvalue weighted by atomic mass is 16.6. The molecule has 1 N–H and O–H groups in total. The highest BCUT2D eigenvalue weighted by molar-refractivity contribution is 6.01. The average Bonchev–Trinajstić information content (AvgIpc) is 2.97. The maximum atomic E-state index is 11.7. The number of epoxide rings is 1. The molecule has 1 aromatic rings. The van der Waals surface area contributed by atoms with Crippen molar-refractivity contribution in [2.45, 2.75) is 25.2 Å². The van der Waals surface area contributed by atoms with Gasteiger partial charge in [0.2, 0.25) is 0 Å². The Kier molecular flexibility index (Phi) is 2.35. The predicted molar refractivity (Wildman–Crippen MR) is 51.1 cm³/mol. The van der Waals surface area contributed by atoms with Crippen LogP contribution in [-0.2, 0) is 4.74 Å². The lowest BCUT2D eigenvalue weighted by Gasteiger charge is -1.97. The Bertz CT molecular complexity index is 332. The number of aliphatic hydroxyl groups is 1. The molecule has 14 heavy (non-hydrogen) atoms. The second-order valence-corrected chi connectivity index (χ2v) is 3.49. The van der Waals surface area contributed by atoms with E-state index in [1.165, 1.54) is 0 Å². The van der Waals surface area contributed by atoms with E-state index in [2.05, 4.69) is 0 Å². The highest BCUT2D eigenvalue weighted by Gasteiger charge is 2.47. The van der Waals surface area contributed by atoms with Crippen LogP contribution in [0.4, 0.5) is 0 Å². The molecule has 0 aromatic heterocycles. The highest BCUT2D eigenvalue weighted by Crippen LogP contribution is 2.28. The van der Waals surface area contributed by atoms with E-state index in [0.29, 0.717) is 5.56 Å². The fourth-order valence-electron chi connectivity index (χ4n) is 1.47. The van der Waals surface area contributed by atoms with Crippen LogP contribution >= 0.6 is 0 Å². The zero-order valence-electron chi connectivity index (χ0n) is 7.88. The number of aliphatic hydroxyl groups excluding tert-OH is 1. The molecule has 1 heterocycles. The van der Waals surface area contributed by atoms with E-state index in [4.69, 9.17) is 4.74 Å². The molecule has 1 fully saturated rings. The molecule has 0 radical (unpaired) electrons. The number of benzene rings is 1. The number of ether oxygens (including phenoxy) is 1. The molecule has 3 nitrogen and oxygen atoms in total. The second kappa shape index (κ2) is 3.52. The first-order valence-electron chi connectivity index (χ1n) is 4.63. The van der Waals surface area contributed by atoms with E-state index in [0.717, 1.165) is 0 Å². The first kappa shape index (κ1) is 9.37. The number of carbonyl (C=O) groups excluding carboxylic acids is 1. The molecule has 0 saturated carbocycles. The Balaban J connectivity index is 2.05. The van der Waals surface area contributed by atoms with Gasteiger partial charge in [-0.15, -0.1) is 0 Å². The lowest BCUT2D eigenvalue weighted by Crippen LogP contribution is -2.17. The SMILES string of the molecule is C[C@H](O)[C@@H]1O[C@@H]1C(=O)c1ccccc1. The van der Waals surface area contributed by atoms with Crippen LogP contribution in [0.2, 0.25) is 0 Å². The lowest BCUT2D eigenvalue weighted by atomic mass is 10.1. The lowest BCUT2D eigenvalue weighted by molar-refractivity contribution is 0.0953. The molecule has 1 aliphatic rings. The summed E-state index contributed by atoms with van der Waals surface area (Å²) in [6.45, 7) is 1.63. The fourth-order valence-corrected chi connectivity index (χ4v) is 1.47. The Morgan fingerprint density at radius 2 is 2.07 bits per heavy atom. The number of hydrogen-bond donors (Lipinski definition) is 1. The molecule has 0 spiro atoms. The first-order valence-corrected chi connectivity index (χ1v) is 4.63. The first-order chi connectivity index (χ1) is 6.70. The molecule has 2 rings (SSSR count). The third-order valence-corrected chi connectivity index (χ3v) is 2.32. The largest absolute Gasteiger partial charge is 0.391 e. The minimum atomic E-state index is -0.576. The van der Waals surface area contributed by atoms with Crippen molar-refractivity contribution in [1.29, 1.82) is 0 Å². The molecule has 0 bridgehead atoms. The van der Waals surface area contributed by atoms with Crippen LogP contribution in [0, 0.1) is 0 Å². The molecule has 0 aliphatic carbocycles. The normalized spacial score (nSPS) is 27.0. The van der Waals surface area contributed by atoms with Crippen LogP contribution in [0.15, 0.2) is 30.3 Å². The van der Waals surface area contributed by atoms with Crippen LogP contribution in [0.1, 0.15) is 17.3 Å². The Morgan fingerprint density at radius 1 is 1.43 bits per heavy atom. The van der Waals surface area contributed by atoms with Gasteiger partial charge in [-0.25, -0.2) is 0 Å². The van der Waals surface area contributed by atoms with Crippen molar-refractivity contribution in [3.05, 3.63) is 35.9 Å². The van der Waals surface area contributed by atoms with Gasteiger partial charge in [-0.2, -0.15) is 0 Å². The Morgan fingerprint density at radius 3 is 2.57 bits per heavy atom. The van der Waals surface area contributed by atoms with Crippen molar-refractivity contribution in [3.8, 4) is 0 Å². The van der Waals surface area contributed by atoms with Gasteiger partial charge in [0, 0.05) is 5.56 Å². The molecule has 3 heteroatoms. The minimum absolute atomic E-state index is 0.0449. The van der Waals surface area contributed by atoms with Crippen LogP contribution in [0.5, 0.6) is 0 Å². The van der Waals surface area contributed by atoms with Crippen LogP contribution < -0.4 is 0 Å². The summed E-state index contributed by atoms with van der Waals surface area (Å²) >= 11 is 0. The number of carbonyl (C=O) groups is 1. The van der Waals surface area contributed by atoms with Gasteiger partial charge in [0.05, 0.1) is 6.10 Å². The van der Waals surface area contributed by atoms with Gasteiger partial charge in [0.15, 0.2) is 5.78 Å². The predicted octanol–water partition coefficient (Wildman–Crippen LogP) is 1.02. The standard InChI is InChI=1S/C11H12O3/c1-7(12)10-11(14-10)9(13)8-5-3-2-4-6-8/h2-7,10-12H,1H3/t7-,10-,11+/m0/s1. The summed E-state index contributed by atoms with van der Waals surface area (Å²) in [4.78, 5) is 11.7. The monoisotopic (exact) mass is 192 g/mol. The van der Waals surface area contributed by atoms with Crippen LogP contribution in [0.25, 0.3) is 0 Å². The fraction of sp³-hybridized carbons (Fsp3) is 0.364. The summed E-state index contributed by atoms with van der Waals surface area (Å²) in [5.41, 5.74) is 0.639. The maximum absolute atomic E-state index is 11.7.